The Bertz CT molecular complexity index is 808. The van der Waals surface area contributed by atoms with Gasteiger partial charge in [0.25, 0.3) is 0 Å². The fourth-order valence-electron chi connectivity index (χ4n) is 7.12. The second kappa shape index (κ2) is 4.98. The highest BCUT2D eigenvalue weighted by Gasteiger charge is 2.67. The minimum absolute atomic E-state index is 0.0100. The molecule has 26 heavy (non-hydrogen) atoms. The predicted molar refractivity (Wildman–Crippen MR) is 98.0 cm³/mol. The molecule has 4 heteroatoms. The van der Waals surface area contributed by atoms with E-state index in [1.807, 2.05) is 24.1 Å². The summed E-state index contributed by atoms with van der Waals surface area (Å²) < 4.78 is 0. The molecule has 0 aromatic carbocycles. The summed E-state index contributed by atoms with van der Waals surface area (Å²) in [5.74, 6) is 1.02. The molecule has 1 N–H and O–H groups in total. The summed E-state index contributed by atoms with van der Waals surface area (Å²) in [5.41, 5.74) is 1.88. The summed E-state index contributed by atoms with van der Waals surface area (Å²) in [6.45, 7) is 4.33. The molecule has 5 aliphatic rings. The Morgan fingerprint density at radius 3 is 2.81 bits per heavy atom. The quantitative estimate of drug-likeness (QED) is 0.681. The number of carbonyl (C=O) groups is 2. The van der Waals surface area contributed by atoms with E-state index in [-0.39, 0.29) is 29.1 Å². The lowest BCUT2D eigenvalue weighted by molar-refractivity contribution is -0.136. The third-order valence-electron chi connectivity index (χ3n) is 8.47. The molecule has 7 atom stereocenters. The molecule has 0 bridgehead atoms. The lowest BCUT2D eigenvalue weighted by Crippen LogP contribution is -2.49. The number of hydrogen-bond acceptors (Lipinski definition) is 3. The smallest absolute Gasteiger partial charge is 0.233 e. The number of rotatable bonds is 0. The van der Waals surface area contributed by atoms with Crippen molar-refractivity contribution in [2.45, 2.75) is 51.7 Å². The van der Waals surface area contributed by atoms with Gasteiger partial charge in [0, 0.05) is 24.4 Å². The highest BCUT2D eigenvalue weighted by Crippen LogP contribution is 2.66. The number of ketones is 1. The van der Waals surface area contributed by atoms with Gasteiger partial charge in [0.15, 0.2) is 5.78 Å². The molecule has 4 aliphatic carbocycles. The number of carbonyl (C=O) groups excluding carboxylic acids is 2. The van der Waals surface area contributed by atoms with Gasteiger partial charge in [-0.25, -0.2) is 0 Å². The maximum absolute atomic E-state index is 13.3. The van der Waals surface area contributed by atoms with E-state index in [0.29, 0.717) is 11.8 Å². The van der Waals surface area contributed by atoms with Gasteiger partial charge in [0.1, 0.15) is 0 Å². The van der Waals surface area contributed by atoms with Crippen LogP contribution in [0.3, 0.4) is 0 Å². The molecule has 5 rings (SSSR count). The van der Waals surface area contributed by atoms with Crippen LogP contribution in [0.5, 0.6) is 0 Å². The summed E-state index contributed by atoms with van der Waals surface area (Å²) in [7, 11) is 1.88. The molecule has 1 aliphatic heterocycles. The lowest BCUT2D eigenvalue weighted by atomic mass is 9.49. The summed E-state index contributed by atoms with van der Waals surface area (Å²) in [4.78, 5) is 27.0. The van der Waals surface area contributed by atoms with E-state index in [9.17, 15) is 14.7 Å². The van der Waals surface area contributed by atoms with Crippen LogP contribution in [0, 0.1) is 28.6 Å². The highest BCUT2D eigenvalue weighted by atomic mass is 16.3. The number of nitrogens with zero attached hydrogens (tertiary/aromatic N) is 1. The van der Waals surface area contributed by atoms with Gasteiger partial charge >= 0.3 is 0 Å². The van der Waals surface area contributed by atoms with Crippen LogP contribution < -0.4 is 0 Å². The number of hydrogen-bond donors (Lipinski definition) is 1. The number of aliphatic hydroxyl groups is 1. The average Bonchev–Trinajstić information content (AvgIpc) is 3.02. The molecule has 4 nitrogen and oxygen atoms in total. The first-order valence-electron chi connectivity index (χ1n) is 9.92. The molecule has 0 radical (unpaired) electrons. The third kappa shape index (κ3) is 1.70. The van der Waals surface area contributed by atoms with Crippen molar-refractivity contribution in [3.8, 4) is 0 Å². The van der Waals surface area contributed by atoms with Crippen molar-refractivity contribution in [2.24, 2.45) is 28.6 Å². The Balaban J connectivity index is 1.59. The minimum Gasteiger partial charge on any atom is -0.389 e. The summed E-state index contributed by atoms with van der Waals surface area (Å²) >= 11 is 0. The highest BCUT2D eigenvalue weighted by molar-refractivity contribution is 6.01. The lowest BCUT2D eigenvalue weighted by Gasteiger charge is -2.54. The second-order valence-electron chi connectivity index (χ2n) is 9.24. The largest absolute Gasteiger partial charge is 0.389 e. The predicted octanol–water partition coefficient (Wildman–Crippen LogP) is 2.64. The molecule has 0 unspecified atom stereocenters. The first-order chi connectivity index (χ1) is 12.3. The molecular weight excluding hydrogens is 326 g/mol. The van der Waals surface area contributed by atoms with Gasteiger partial charge in [0.05, 0.1) is 11.5 Å². The maximum Gasteiger partial charge on any atom is 0.233 e. The van der Waals surface area contributed by atoms with E-state index in [1.54, 1.807) is 6.08 Å². The fraction of sp³-hybridized carbons (Fsp3) is 0.636. The minimum atomic E-state index is -0.527. The van der Waals surface area contributed by atoms with Crippen LogP contribution in [0.15, 0.2) is 35.5 Å². The Morgan fingerprint density at radius 2 is 2.04 bits per heavy atom. The Hall–Kier alpha value is -1.68. The first kappa shape index (κ1) is 16.5. The van der Waals surface area contributed by atoms with E-state index in [0.717, 1.165) is 25.7 Å². The van der Waals surface area contributed by atoms with Gasteiger partial charge in [-0.15, -0.1) is 0 Å². The van der Waals surface area contributed by atoms with Crippen molar-refractivity contribution in [2.75, 3.05) is 7.05 Å². The molecule has 0 aromatic heterocycles. The Labute approximate surface area is 154 Å². The van der Waals surface area contributed by atoms with E-state index in [2.05, 4.69) is 19.9 Å². The average molecular weight is 353 g/mol. The Kier molecular flexibility index (Phi) is 3.16. The zero-order chi connectivity index (χ0) is 18.4. The van der Waals surface area contributed by atoms with Gasteiger partial charge in [-0.05, 0) is 56.6 Å². The van der Waals surface area contributed by atoms with Crippen LogP contribution in [-0.2, 0) is 9.59 Å². The zero-order valence-electron chi connectivity index (χ0n) is 15.7. The summed E-state index contributed by atoms with van der Waals surface area (Å²) in [6, 6.07) is 0.0737. The molecule has 138 valence electrons. The van der Waals surface area contributed by atoms with Crippen LogP contribution in [0.4, 0.5) is 0 Å². The molecule has 2 saturated carbocycles. The van der Waals surface area contributed by atoms with Gasteiger partial charge in [-0.3, -0.25) is 9.59 Å². The molecule has 3 fully saturated rings. The van der Waals surface area contributed by atoms with Gasteiger partial charge in [-0.1, -0.05) is 30.2 Å². The second-order valence-corrected chi connectivity index (χ2v) is 9.24. The van der Waals surface area contributed by atoms with Crippen molar-refractivity contribution < 1.29 is 14.7 Å². The topological polar surface area (TPSA) is 57.6 Å². The Morgan fingerprint density at radius 1 is 1.27 bits per heavy atom. The van der Waals surface area contributed by atoms with Crippen LogP contribution in [-0.4, -0.2) is 40.9 Å². The molecule has 0 aromatic rings. The van der Waals surface area contributed by atoms with Crippen LogP contribution in [0.2, 0.25) is 0 Å². The van der Waals surface area contributed by atoms with Crippen molar-refractivity contribution in [3.05, 3.63) is 35.5 Å². The number of likely N-dealkylation sites (tertiary alicyclic amines) is 1. The molecule has 1 spiro atoms. The molecule has 1 heterocycles. The van der Waals surface area contributed by atoms with Gasteiger partial charge in [-0.2, -0.15) is 0 Å². The van der Waals surface area contributed by atoms with E-state index in [4.69, 9.17) is 0 Å². The maximum atomic E-state index is 13.3. The third-order valence-corrected chi connectivity index (χ3v) is 8.47. The first-order valence-corrected chi connectivity index (χ1v) is 9.92. The van der Waals surface area contributed by atoms with Gasteiger partial charge in [0.2, 0.25) is 5.91 Å². The summed E-state index contributed by atoms with van der Waals surface area (Å²) in [6.07, 6.45) is 10.8. The normalized spacial score (nSPS) is 49.2. The van der Waals surface area contributed by atoms with Crippen molar-refractivity contribution in [1.82, 2.24) is 4.90 Å². The van der Waals surface area contributed by atoms with E-state index < -0.39 is 11.5 Å². The SMILES string of the molecule is C[C@H]1[C@H]2[C@H](O)C=C3[C@@H]4CCC5=CC(=O)C=C[C@]5(C)[C@H]4CC[C@@]32C(=O)N1C. The van der Waals surface area contributed by atoms with Crippen molar-refractivity contribution in [3.63, 3.8) is 0 Å². The van der Waals surface area contributed by atoms with Gasteiger partial charge < -0.3 is 10.0 Å². The van der Waals surface area contributed by atoms with Crippen LogP contribution in [0.25, 0.3) is 0 Å². The van der Waals surface area contributed by atoms with Crippen LogP contribution in [0.1, 0.15) is 39.5 Å². The standard InChI is InChI=1S/C22H27NO3/c1-12-19-18(25)11-17-15-5-4-13-10-14(24)6-8-21(13,2)16(15)7-9-22(17,19)20(26)23(12)3/h6,8,10-12,15-16,18-19,25H,4-5,7,9H2,1-3H3/t12-,15+,16-,18+,19-,21-,22+/m0/s1. The fourth-order valence-corrected chi connectivity index (χ4v) is 7.12. The number of fused-ring (bicyclic) bond motifs is 4. The molecule has 1 saturated heterocycles. The van der Waals surface area contributed by atoms with E-state index in [1.165, 1.54) is 11.1 Å². The summed E-state index contributed by atoms with van der Waals surface area (Å²) in [5, 5.41) is 10.8. The van der Waals surface area contributed by atoms with Crippen molar-refractivity contribution in [1.29, 1.82) is 0 Å². The van der Waals surface area contributed by atoms with Crippen molar-refractivity contribution >= 4 is 11.7 Å². The van der Waals surface area contributed by atoms with Crippen LogP contribution >= 0.6 is 0 Å². The molecule has 1 amide bonds. The zero-order valence-corrected chi connectivity index (χ0v) is 15.7. The monoisotopic (exact) mass is 353 g/mol. The number of amides is 1. The number of aliphatic hydroxyl groups excluding tert-OH is 1. The van der Waals surface area contributed by atoms with E-state index >= 15 is 0 Å². The number of allylic oxidation sites excluding steroid dienone is 4. The molecular formula is C22H27NO3.